The zero-order valence-electron chi connectivity index (χ0n) is 8.13. The van der Waals surface area contributed by atoms with Crippen molar-refractivity contribution in [2.24, 2.45) is 5.73 Å². The fourth-order valence-electron chi connectivity index (χ4n) is 1.16. The van der Waals surface area contributed by atoms with Gasteiger partial charge in [-0.3, -0.25) is 4.79 Å². The van der Waals surface area contributed by atoms with Gasteiger partial charge in [-0.05, 0) is 40.5 Å². The second-order valence-electron chi connectivity index (χ2n) is 2.94. The van der Waals surface area contributed by atoms with Crippen LogP contribution >= 0.6 is 15.9 Å². The van der Waals surface area contributed by atoms with Gasteiger partial charge in [-0.25, -0.2) is 0 Å². The summed E-state index contributed by atoms with van der Waals surface area (Å²) in [5.41, 5.74) is 6.83. The van der Waals surface area contributed by atoms with Crippen LogP contribution in [0.5, 0.6) is 5.75 Å². The van der Waals surface area contributed by atoms with E-state index < -0.39 is 0 Å². The van der Waals surface area contributed by atoms with Gasteiger partial charge in [-0.2, -0.15) is 0 Å². The summed E-state index contributed by atoms with van der Waals surface area (Å²) in [7, 11) is 1.57. The minimum atomic E-state index is -0.0844. The van der Waals surface area contributed by atoms with E-state index in [2.05, 4.69) is 15.9 Å². The van der Waals surface area contributed by atoms with Crippen LogP contribution in [0.25, 0.3) is 0 Å². The zero-order chi connectivity index (χ0) is 10.7. The lowest BCUT2D eigenvalue weighted by atomic mass is 10.1. The maximum absolute atomic E-state index is 11.3. The molecule has 14 heavy (non-hydrogen) atoms. The van der Waals surface area contributed by atoms with Crippen molar-refractivity contribution < 1.29 is 9.53 Å². The van der Waals surface area contributed by atoms with E-state index in [-0.39, 0.29) is 12.3 Å². The lowest BCUT2D eigenvalue weighted by molar-refractivity contribution is 0.100. The van der Waals surface area contributed by atoms with Crippen molar-refractivity contribution in [1.82, 2.24) is 0 Å². The molecule has 0 spiro atoms. The highest BCUT2D eigenvalue weighted by molar-refractivity contribution is 9.10. The highest BCUT2D eigenvalue weighted by Crippen LogP contribution is 2.29. The number of Topliss-reactive ketones (excluding diaryl/α,β-unsaturated/α-hetero) is 1. The van der Waals surface area contributed by atoms with Gasteiger partial charge in [0.15, 0.2) is 5.78 Å². The maximum Gasteiger partial charge on any atom is 0.176 e. The quantitative estimate of drug-likeness (QED) is 0.842. The summed E-state index contributed by atoms with van der Waals surface area (Å²) < 4.78 is 5.99. The molecule has 76 valence electrons. The second kappa shape index (κ2) is 4.57. The minimum absolute atomic E-state index is 0.0181. The number of rotatable bonds is 3. The van der Waals surface area contributed by atoms with E-state index in [9.17, 15) is 4.79 Å². The van der Waals surface area contributed by atoms with Gasteiger partial charge in [-0.1, -0.05) is 0 Å². The monoisotopic (exact) mass is 257 g/mol. The summed E-state index contributed by atoms with van der Waals surface area (Å²) in [6, 6.07) is 3.48. The van der Waals surface area contributed by atoms with Crippen molar-refractivity contribution in [1.29, 1.82) is 0 Å². The number of methoxy groups -OCH3 is 1. The largest absolute Gasteiger partial charge is 0.496 e. The van der Waals surface area contributed by atoms with Crippen molar-refractivity contribution in [3.8, 4) is 5.75 Å². The molecule has 0 bridgehead atoms. The molecule has 1 aromatic rings. The van der Waals surface area contributed by atoms with E-state index in [1.165, 1.54) is 0 Å². The number of hydrogen-bond acceptors (Lipinski definition) is 3. The molecule has 0 saturated carbocycles. The van der Waals surface area contributed by atoms with Crippen LogP contribution in [-0.2, 0) is 0 Å². The van der Waals surface area contributed by atoms with Gasteiger partial charge in [-0.15, -0.1) is 0 Å². The van der Waals surface area contributed by atoms with Gasteiger partial charge >= 0.3 is 0 Å². The number of carbonyl (C=O) groups is 1. The molecule has 0 aliphatic rings. The van der Waals surface area contributed by atoms with Crippen LogP contribution in [0.15, 0.2) is 16.6 Å². The first-order chi connectivity index (χ1) is 6.60. The highest BCUT2D eigenvalue weighted by Gasteiger charge is 2.10. The van der Waals surface area contributed by atoms with Crippen molar-refractivity contribution in [2.75, 3.05) is 13.7 Å². The summed E-state index contributed by atoms with van der Waals surface area (Å²) >= 11 is 3.38. The molecule has 0 heterocycles. The van der Waals surface area contributed by atoms with Gasteiger partial charge in [0.2, 0.25) is 0 Å². The van der Waals surface area contributed by atoms with E-state index in [1.54, 1.807) is 19.2 Å². The summed E-state index contributed by atoms with van der Waals surface area (Å²) in [4.78, 5) is 11.3. The predicted molar refractivity (Wildman–Crippen MR) is 58.8 cm³/mol. The molecule has 0 amide bonds. The van der Waals surface area contributed by atoms with Crippen LogP contribution in [0, 0.1) is 6.92 Å². The van der Waals surface area contributed by atoms with Gasteiger partial charge in [0.05, 0.1) is 18.1 Å². The number of benzene rings is 1. The molecule has 4 heteroatoms. The van der Waals surface area contributed by atoms with Gasteiger partial charge in [0.1, 0.15) is 5.75 Å². The highest BCUT2D eigenvalue weighted by atomic mass is 79.9. The molecule has 3 nitrogen and oxygen atoms in total. The van der Waals surface area contributed by atoms with Crippen LogP contribution in [-0.4, -0.2) is 19.4 Å². The van der Waals surface area contributed by atoms with Gasteiger partial charge in [0, 0.05) is 5.56 Å². The molecule has 0 aliphatic heterocycles. The van der Waals surface area contributed by atoms with Gasteiger partial charge < -0.3 is 10.5 Å². The Bertz CT molecular complexity index is 363. The number of ketones is 1. The number of hydrogen-bond donors (Lipinski definition) is 1. The molecule has 0 saturated heterocycles. The lowest BCUT2D eigenvalue weighted by Crippen LogP contribution is -2.13. The third-order valence-corrected chi connectivity index (χ3v) is 2.96. The average molecular weight is 258 g/mol. The summed E-state index contributed by atoms with van der Waals surface area (Å²) in [6.45, 7) is 1.92. The van der Waals surface area contributed by atoms with Crippen LogP contribution < -0.4 is 10.5 Å². The standard InChI is InChI=1S/C10H12BrNO2/c1-6-3-7(8(13)5-12)4-9(14-2)10(6)11/h3-4H,5,12H2,1-2H3. The Labute approximate surface area is 91.4 Å². The molecule has 0 unspecified atom stereocenters. The summed E-state index contributed by atoms with van der Waals surface area (Å²) in [6.07, 6.45) is 0. The molecule has 0 aliphatic carbocycles. The molecule has 0 fully saturated rings. The molecule has 1 rings (SSSR count). The average Bonchev–Trinajstić information content (AvgIpc) is 2.20. The zero-order valence-corrected chi connectivity index (χ0v) is 9.72. The summed E-state index contributed by atoms with van der Waals surface area (Å²) in [5, 5.41) is 0. The van der Waals surface area contributed by atoms with E-state index in [0.717, 1.165) is 10.0 Å². The Kier molecular flexibility index (Phi) is 3.66. The van der Waals surface area contributed by atoms with E-state index in [4.69, 9.17) is 10.5 Å². The SMILES string of the molecule is COc1cc(C(=O)CN)cc(C)c1Br. The Balaban J connectivity index is 3.22. The van der Waals surface area contributed by atoms with Crippen molar-refractivity contribution in [2.45, 2.75) is 6.92 Å². The van der Waals surface area contributed by atoms with Crippen molar-refractivity contribution in [3.63, 3.8) is 0 Å². The van der Waals surface area contributed by atoms with Gasteiger partial charge in [0.25, 0.3) is 0 Å². The molecular weight excluding hydrogens is 246 g/mol. The first kappa shape index (κ1) is 11.2. The molecule has 1 aromatic carbocycles. The smallest absolute Gasteiger partial charge is 0.176 e. The number of ether oxygens (including phenoxy) is 1. The van der Waals surface area contributed by atoms with Crippen LogP contribution in [0.3, 0.4) is 0 Å². The number of nitrogens with two attached hydrogens (primary N) is 1. The third-order valence-electron chi connectivity index (χ3n) is 1.95. The summed E-state index contributed by atoms with van der Waals surface area (Å²) in [5.74, 6) is 0.570. The first-order valence-electron chi connectivity index (χ1n) is 4.17. The fraction of sp³-hybridized carbons (Fsp3) is 0.300. The molecular formula is C10H12BrNO2. The van der Waals surface area contributed by atoms with Crippen LogP contribution in [0.4, 0.5) is 0 Å². The third kappa shape index (κ3) is 2.13. The second-order valence-corrected chi connectivity index (χ2v) is 3.73. The van der Waals surface area contributed by atoms with Crippen molar-refractivity contribution in [3.05, 3.63) is 27.7 Å². The maximum atomic E-state index is 11.3. The Morgan fingerprint density at radius 3 is 2.71 bits per heavy atom. The minimum Gasteiger partial charge on any atom is -0.496 e. The first-order valence-corrected chi connectivity index (χ1v) is 4.96. The Morgan fingerprint density at radius 2 is 2.21 bits per heavy atom. The van der Waals surface area contributed by atoms with Crippen LogP contribution in [0.1, 0.15) is 15.9 Å². The number of carbonyl (C=O) groups excluding carboxylic acids is 1. The van der Waals surface area contributed by atoms with E-state index in [0.29, 0.717) is 11.3 Å². The van der Waals surface area contributed by atoms with E-state index >= 15 is 0 Å². The van der Waals surface area contributed by atoms with Crippen molar-refractivity contribution >= 4 is 21.7 Å². The normalized spacial score (nSPS) is 10.0. The lowest BCUT2D eigenvalue weighted by Gasteiger charge is -2.08. The predicted octanol–water partition coefficient (Wildman–Crippen LogP) is 1.91. The molecule has 2 N–H and O–H groups in total. The number of aryl methyl sites for hydroxylation is 1. The van der Waals surface area contributed by atoms with Crippen LogP contribution in [0.2, 0.25) is 0 Å². The molecule has 0 radical (unpaired) electrons. The Morgan fingerprint density at radius 1 is 1.57 bits per heavy atom. The Hall–Kier alpha value is -0.870. The number of halogens is 1. The molecule has 0 aromatic heterocycles. The topological polar surface area (TPSA) is 52.3 Å². The molecule has 0 atom stereocenters. The fourth-order valence-corrected chi connectivity index (χ4v) is 1.56. The van der Waals surface area contributed by atoms with E-state index in [1.807, 2.05) is 6.92 Å².